The maximum absolute atomic E-state index is 5.52. The third-order valence-electron chi connectivity index (χ3n) is 3.36. The third-order valence-corrected chi connectivity index (χ3v) is 3.36. The minimum Gasteiger partial charge on any atom is -0.497 e. The molecule has 0 saturated carbocycles. The molecule has 0 bridgehead atoms. The Balaban J connectivity index is 2.27. The van der Waals surface area contributed by atoms with Crippen molar-refractivity contribution in [1.29, 1.82) is 0 Å². The van der Waals surface area contributed by atoms with Crippen LogP contribution in [0.25, 0.3) is 0 Å². The maximum Gasteiger partial charge on any atom is 0.169 e. The Bertz CT molecular complexity index is 361. The molecule has 21 heavy (non-hydrogen) atoms. The van der Waals surface area contributed by atoms with Gasteiger partial charge in [0.2, 0.25) is 0 Å². The first kappa shape index (κ1) is 18.0. The van der Waals surface area contributed by atoms with Crippen molar-refractivity contribution in [3.63, 3.8) is 0 Å². The SMILES string of the molecule is CCOC(CNC(C)CCc1ccc(OC)cc1)OCC. The van der Waals surface area contributed by atoms with Crippen LogP contribution >= 0.6 is 0 Å². The van der Waals surface area contributed by atoms with Crippen LogP contribution in [-0.2, 0) is 15.9 Å². The van der Waals surface area contributed by atoms with E-state index in [1.165, 1.54) is 5.56 Å². The fourth-order valence-corrected chi connectivity index (χ4v) is 2.11. The van der Waals surface area contributed by atoms with E-state index in [-0.39, 0.29) is 6.29 Å². The number of hydrogen-bond donors (Lipinski definition) is 1. The van der Waals surface area contributed by atoms with Gasteiger partial charge in [0, 0.05) is 25.8 Å². The van der Waals surface area contributed by atoms with Gasteiger partial charge in [0.05, 0.1) is 7.11 Å². The van der Waals surface area contributed by atoms with Crippen LogP contribution in [0.5, 0.6) is 5.75 Å². The molecule has 1 aromatic rings. The molecule has 0 aliphatic rings. The summed E-state index contributed by atoms with van der Waals surface area (Å²) in [5, 5.41) is 3.47. The largest absolute Gasteiger partial charge is 0.497 e. The zero-order valence-electron chi connectivity index (χ0n) is 13.7. The summed E-state index contributed by atoms with van der Waals surface area (Å²) in [4.78, 5) is 0. The van der Waals surface area contributed by atoms with Gasteiger partial charge >= 0.3 is 0 Å². The lowest BCUT2D eigenvalue weighted by molar-refractivity contribution is -0.133. The van der Waals surface area contributed by atoms with Crippen molar-refractivity contribution in [2.24, 2.45) is 0 Å². The number of nitrogens with one attached hydrogen (secondary N) is 1. The average molecular weight is 295 g/mol. The van der Waals surface area contributed by atoms with Gasteiger partial charge in [-0.15, -0.1) is 0 Å². The van der Waals surface area contributed by atoms with E-state index in [0.29, 0.717) is 19.3 Å². The van der Waals surface area contributed by atoms with E-state index in [0.717, 1.165) is 25.1 Å². The van der Waals surface area contributed by atoms with E-state index in [4.69, 9.17) is 14.2 Å². The number of hydrogen-bond acceptors (Lipinski definition) is 4. The molecule has 0 fully saturated rings. The van der Waals surface area contributed by atoms with Crippen molar-refractivity contribution in [3.05, 3.63) is 29.8 Å². The standard InChI is InChI=1S/C17H29NO3/c1-5-20-17(21-6-2)13-18-14(3)7-8-15-9-11-16(19-4)12-10-15/h9-12,14,17-18H,5-8,13H2,1-4H3. The fourth-order valence-electron chi connectivity index (χ4n) is 2.11. The topological polar surface area (TPSA) is 39.7 Å². The molecule has 120 valence electrons. The van der Waals surface area contributed by atoms with Gasteiger partial charge in [-0.3, -0.25) is 0 Å². The molecule has 4 nitrogen and oxygen atoms in total. The van der Waals surface area contributed by atoms with Crippen LogP contribution in [0.2, 0.25) is 0 Å². The second-order valence-electron chi connectivity index (χ2n) is 5.04. The smallest absolute Gasteiger partial charge is 0.169 e. The van der Waals surface area contributed by atoms with E-state index >= 15 is 0 Å². The first-order valence-corrected chi connectivity index (χ1v) is 7.79. The van der Waals surface area contributed by atoms with Crippen LogP contribution < -0.4 is 10.1 Å². The van der Waals surface area contributed by atoms with Crippen molar-refractivity contribution in [2.45, 2.75) is 45.9 Å². The summed E-state index contributed by atoms with van der Waals surface area (Å²) in [5.74, 6) is 0.904. The molecule has 0 saturated heterocycles. The number of benzene rings is 1. The van der Waals surface area contributed by atoms with Gasteiger partial charge in [0.25, 0.3) is 0 Å². The van der Waals surface area contributed by atoms with Crippen LogP contribution in [0.3, 0.4) is 0 Å². The van der Waals surface area contributed by atoms with Crippen molar-refractivity contribution < 1.29 is 14.2 Å². The van der Waals surface area contributed by atoms with Crippen molar-refractivity contribution in [1.82, 2.24) is 5.32 Å². The van der Waals surface area contributed by atoms with Crippen molar-refractivity contribution in [2.75, 3.05) is 26.9 Å². The third kappa shape index (κ3) is 7.46. The Morgan fingerprint density at radius 2 is 1.67 bits per heavy atom. The van der Waals surface area contributed by atoms with E-state index in [2.05, 4.69) is 24.4 Å². The highest BCUT2D eigenvalue weighted by atomic mass is 16.7. The molecule has 1 rings (SSSR count). The Hall–Kier alpha value is -1.10. The zero-order chi connectivity index (χ0) is 15.5. The average Bonchev–Trinajstić information content (AvgIpc) is 2.51. The molecule has 1 N–H and O–H groups in total. The van der Waals surface area contributed by atoms with E-state index < -0.39 is 0 Å². The summed E-state index contributed by atoms with van der Waals surface area (Å²) in [7, 11) is 1.69. The summed E-state index contributed by atoms with van der Waals surface area (Å²) >= 11 is 0. The Morgan fingerprint density at radius 3 is 2.19 bits per heavy atom. The molecule has 1 atom stereocenters. The number of aryl methyl sites for hydroxylation is 1. The zero-order valence-corrected chi connectivity index (χ0v) is 13.7. The van der Waals surface area contributed by atoms with Gasteiger partial charge < -0.3 is 19.5 Å². The Morgan fingerprint density at radius 1 is 1.05 bits per heavy atom. The van der Waals surface area contributed by atoms with Crippen molar-refractivity contribution >= 4 is 0 Å². The number of ether oxygens (including phenoxy) is 3. The maximum atomic E-state index is 5.52. The Kier molecular flexibility index (Phi) is 9.06. The summed E-state index contributed by atoms with van der Waals surface area (Å²) in [6.45, 7) is 8.24. The highest BCUT2D eigenvalue weighted by molar-refractivity contribution is 5.27. The lowest BCUT2D eigenvalue weighted by Gasteiger charge is -2.20. The second kappa shape index (κ2) is 10.6. The van der Waals surface area contributed by atoms with E-state index in [1.54, 1.807) is 7.11 Å². The molecule has 0 aliphatic carbocycles. The second-order valence-corrected chi connectivity index (χ2v) is 5.04. The summed E-state index contributed by atoms with van der Waals surface area (Å²) < 4.78 is 16.2. The van der Waals surface area contributed by atoms with Gasteiger partial charge in [-0.1, -0.05) is 12.1 Å². The molecule has 1 aromatic carbocycles. The van der Waals surface area contributed by atoms with Crippen LogP contribution in [0.15, 0.2) is 24.3 Å². The van der Waals surface area contributed by atoms with Gasteiger partial charge in [0.1, 0.15) is 5.75 Å². The highest BCUT2D eigenvalue weighted by Gasteiger charge is 2.10. The molecule has 0 spiro atoms. The van der Waals surface area contributed by atoms with Crippen LogP contribution in [-0.4, -0.2) is 39.2 Å². The van der Waals surface area contributed by atoms with E-state index in [9.17, 15) is 0 Å². The molecule has 0 aliphatic heterocycles. The molecule has 0 heterocycles. The molecular weight excluding hydrogens is 266 g/mol. The highest BCUT2D eigenvalue weighted by Crippen LogP contribution is 2.13. The van der Waals surface area contributed by atoms with Gasteiger partial charge in [-0.05, 0) is 51.3 Å². The first-order valence-electron chi connectivity index (χ1n) is 7.79. The molecule has 1 unspecified atom stereocenters. The minimum absolute atomic E-state index is 0.150. The normalized spacial score (nSPS) is 12.6. The lowest BCUT2D eigenvalue weighted by Crippen LogP contribution is -2.36. The number of methoxy groups -OCH3 is 1. The van der Waals surface area contributed by atoms with Crippen LogP contribution in [0.4, 0.5) is 0 Å². The fraction of sp³-hybridized carbons (Fsp3) is 0.647. The van der Waals surface area contributed by atoms with Crippen molar-refractivity contribution in [3.8, 4) is 5.75 Å². The monoisotopic (exact) mass is 295 g/mol. The number of rotatable bonds is 11. The Labute approximate surface area is 128 Å². The lowest BCUT2D eigenvalue weighted by atomic mass is 10.1. The summed E-state index contributed by atoms with van der Waals surface area (Å²) in [6.07, 6.45) is 1.98. The molecule has 0 radical (unpaired) electrons. The summed E-state index contributed by atoms with van der Waals surface area (Å²) in [6, 6.07) is 8.68. The summed E-state index contributed by atoms with van der Waals surface area (Å²) in [5.41, 5.74) is 1.33. The van der Waals surface area contributed by atoms with Gasteiger partial charge in [-0.2, -0.15) is 0 Å². The molecule has 0 amide bonds. The van der Waals surface area contributed by atoms with E-state index in [1.807, 2.05) is 26.0 Å². The van der Waals surface area contributed by atoms with Crippen LogP contribution in [0, 0.1) is 0 Å². The first-order chi connectivity index (χ1) is 10.2. The predicted octanol–water partition coefficient (Wildman–Crippen LogP) is 3.01. The minimum atomic E-state index is -0.150. The quantitative estimate of drug-likeness (QED) is 0.637. The molecular formula is C17H29NO3. The molecule has 0 aromatic heterocycles. The van der Waals surface area contributed by atoms with Gasteiger partial charge in [-0.25, -0.2) is 0 Å². The predicted molar refractivity (Wildman–Crippen MR) is 85.8 cm³/mol. The van der Waals surface area contributed by atoms with Crippen LogP contribution in [0.1, 0.15) is 32.8 Å². The molecule has 4 heteroatoms. The van der Waals surface area contributed by atoms with Gasteiger partial charge in [0.15, 0.2) is 6.29 Å².